The Labute approximate surface area is 249 Å². The summed E-state index contributed by atoms with van der Waals surface area (Å²) in [7, 11) is 0. The standard InChI is InChI=1S/C40H32BN/c1-40(2,3)29-22-25-36(33(26-29)28-16-8-5-9-17-28)42-37-21-13-12-20-35(37)41-34-19-11-10-18-31(34)32-24-23-30(39(42)38(32)41)27-14-6-4-7-15-27/h4-26H,1-3H3. The van der Waals surface area contributed by atoms with Gasteiger partial charge in [-0.1, -0.05) is 148 Å². The highest BCUT2D eigenvalue weighted by Crippen LogP contribution is 2.48. The lowest BCUT2D eigenvalue weighted by Crippen LogP contribution is -2.54. The molecule has 0 bridgehead atoms. The van der Waals surface area contributed by atoms with Gasteiger partial charge in [0.1, 0.15) is 0 Å². The quantitative estimate of drug-likeness (QED) is 0.204. The lowest BCUT2D eigenvalue weighted by molar-refractivity contribution is 0.590. The molecule has 0 saturated carbocycles. The fourth-order valence-electron chi connectivity index (χ4n) is 7.05. The van der Waals surface area contributed by atoms with Gasteiger partial charge in [0.25, 0.3) is 0 Å². The Bertz CT molecular complexity index is 1970. The molecule has 6 aromatic rings. The van der Waals surface area contributed by atoms with Gasteiger partial charge in [0.15, 0.2) is 0 Å². The lowest BCUT2D eigenvalue weighted by Gasteiger charge is -2.39. The molecule has 2 aliphatic heterocycles. The molecule has 0 aliphatic carbocycles. The van der Waals surface area contributed by atoms with Gasteiger partial charge in [-0.15, -0.1) is 0 Å². The van der Waals surface area contributed by atoms with Crippen molar-refractivity contribution in [2.24, 2.45) is 0 Å². The first-order valence-corrected chi connectivity index (χ1v) is 14.9. The Morgan fingerprint density at radius 1 is 0.476 bits per heavy atom. The second-order valence-electron chi connectivity index (χ2n) is 12.6. The van der Waals surface area contributed by atoms with Crippen molar-refractivity contribution < 1.29 is 0 Å². The number of nitrogens with zero attached hydrogens (tertiary/aromatic N) is 1. The van der Waals surface area contributed by atoms with Gasteiger partial charge < -0.3 is 4.90 Å². The summed E-state index contributed by atoms with van der Waals surface area (Å²) in [6.45, 7) is 7.10. The SMILES string of the molecule is CC(C)(C)c1ccc(N2c3ccccc3B3c4ccccc4-c4ccc(-c5ccccc5)c2c43)c(-c2ccccc2)c1. The normalized spacial score (nSPS) is 13.0. The maximum atomic E-state index is 2.56. The fourth-order valence-corrected chi connectivity index (χ4v) is 7.05. The van der Waals surface area contributed by atoms with E-state index in [4.69, 9.17) is 0 Å². The third-order valence-corrected chi connectivity index (χ3v) is 9.05. The monoisotopic (exact) mass is 537 g/mol. The molecule has 0 spiro atoms. The first kappa shape index (κ1) is 24.9. The van der Waals surface area contributed by atoms with Crippen molar-refractivity contribution in [1.82, 2.24) is 0 Å². The van der Waals surface area contributed by atoms with Crippen molar-refractivity contribution >= 4 is 40.2 Å². The third-order valence-electron chi connectivity index (χ3n) is 9.05. The van der Waals surface area contributed by atoms with Crippen molar-refractivity contribution in [3.05, 3.63) is 145 Å². The molecular formula is C40H32BN. The van der Waals surface area contributed by atoms with Crippen LogP contribution in [0.5, 0.6) is 0 Å². The highest BCUT2D eigenvalue weighted by atomic mass is 15.2. The molecule has 200 valence electrons. The molecule has 0 N–H and O–H groups in total. The molecule has 2 aliphatic rings. The Morgan fingerprint density at radius 3 is 1.79 bits per heavy atom. The van der Waals surface area contributed by atoms with Crippen LogP contribution >= 0.6 is 0 Å². The van der Waals surface area contributed by atoms with E-state index >= 15 is 0 Å². The minimum Gasteiger partial charge on any atom is -0.310 e. The van der Waals surface area contributed by atoms with Crippen LogP contribution in [-0.4, -0.2) is 6.71 Å². The summed E-state index contributed by atoms with van der Waals surface area (Å²) in [6, 6.07) is 51.6. The third kappa shape index (κ3) is 3.72. The fraction of sp³-hybridized carbons (Fsp3) is 0.100. The van der Waals surface area contributed by atoms with Crippen molar-refractivity contribution in [2.75, 3.05) is 4.90 Å². The summed E-state index contributed by atoms with van der Waals surface area (Å²) in [5.74, 6) is 0. The minimum absolute atomic E-state index is 0.0395. The molecule has 0 radical (unpaired) electrons. The van der Waals surface area contributed by atoms with E-state index in [0.717, 1.165) is 0 Å². The molecule has 0 saturated heterocycles. The number of fused-ring (bicyclic) bond motifs is 5. The second-order valence-corrected chi connectivity index (χ2v) is 12.6. The number of para-hydroxylation sites is 1. The summed E-state index contributed by atoms with van der Waals surface area (Å²) >= 11 is 0. The van der Waals surface area contributed by atoms with Crippen LogP contribution in [0.3, 0.4) is 0 Å². The van der Waals surface area contributed by atoms with Crippen molar-refractivity contribution in [1.29, 1.82) is 0 Å². The zero-order valence-electron chi connectivity index (χ0n) is 24.3. The lowest BCUT2D eigenvalue weighted by atomic mass is 9.37. The van der Waals surface area contributed by atoms with Crippen LogP contribution in [-0.2, 0) is 5.41 Å². The van der Waals surface area contributed by atoms with Crippen molar-refractivity contribution in [3.63, 3.8) is 0 Å². The van der Waals surface area contributed by atoms with Crippen LogP contribution in [0.1, 0.15) is 26.3 Å². The minimum atomic E-state index is 0.0395. The molecule has 0 unspecified atom stereocenters. The first-order valence-electron chi connectivity index (χ1n) is 14.9. The van der Waals surface area contributed by atoms with Crippen molar-refractivity contribution in [3.8, 4) is 33.4 Å². The largest absolute Gasteiger partial charge is 0.310 e. The highest BCUT2D eigenvalue weighted by Gasteiger charge is 2.43. The van der Waals surface area contributed by atoms with Gasteiger partial charge in [-0.05, 0) is 62.4 Å². The number of anilines is 3. The Balaban J connectivity index is 1.50. The number of benzene rings is 6. The topological polar surface area (TPSA) is 3.24 Å². The maximum Gasteiger partial charge on any atom is 0.248 e. The van der Waals surface area contributed by atoms with E-state index in [9.17, 15) is 0 Å². The Morgan fingerprint density at radius 2 is 1.07 bits per heavy atom. The average Bonchev–Trinajstić information content (AvgIpc) is 3.37. The van der Waals surface area contributed by atoms with E-state index in [1.54, 1.807) is 0 Å². The van der Waals surface area contributed by atoms with Gasteiger partial charge in [-0.2, -0.15) is 0 Å². The summed E-state index contributed by atoms with van der Waals surface area (Å²) in [6.07, 6.45) is 0. The van der Waals surface area contributed by atoms with E-state index in [0.29, 0.717) is 0 Å². The van der Waals surface area contributed by atoms with Gasteiger partial charge in [-0.25, -0.2) is 0 Å². The van der Waals surface area contributed by atoms with Crippen LogP contribution in [0, 0.1) is 0 Å². The summed E-state index contributed by atoms with van der Waals surface area (Å²) in [5, 5.41) is 0. The molecule has 0 atom stereocenters. The molecule has 2 heteroatoms. The molecule has 1 nitrogen and oxygen atoms in total. The predicted molar refractivity (Wildman–Crippen MR) is 181 cm³/mol. The van der Waals surface area contributed by atoms with E-state index in [1.165, 1.54) is 72.4 Å². The molecule has 0 aromatic heterocycles. The van der Waals surface area contributed by atoms with Crippen LogP contribution in [0.25, 0.3) is 33.4 Å². The Kier molecular flexibility index (Phi) is 5.56. The molecule has 0 amide bonds. The molecule has 8 rings (SSSR count). The van der Waals surface area contributed by atoms with E-state index in [-0.39, 0.29) is 12.1 Å². The number of hydrogen-bond donors (Lipinski definition) is 0. The second kappa shape index (κ2) is 9.36. The summed E-state index contributed by atoms with van der Waals surface area (Å²) in [5.41, 5.74) is 17.0. The summed E-state index contributed by atoms with van der Waals surface area (Å²) in [4.78, 5) is 2.56. The highest BCUT2D eigenvalue weighted by molar-refractivity contribution is 7.01. The van der Waals surface area contributed by atoms with Crippen LogP contribution in [0.2, 0.25) is 0 Å². The molecule has 42 heavy (non-hydrogen) atoms. The van der Waals surface area contributed by atoms with Crippen LogP contribution in [0.4, 0.5) is 17.1 Å². The van der Waals surface area contributed by atoms with Gasteiger partial charge in [0, 0.05) is 22.5 Å². The zero-order chi connectivity index (χ0) is 28.4. The molecular weight excluding hydrogens is 505 g/mol. The number of hydrogen-bond acceptors (Lipinski definition) is 1. The molecule has 6 aromatic carbocycles. The van der Waals surface area contributed by atoms with Gasteiger partial charge in [-0.3, -0.25) is 0 Å². The average molecular weight is 538 g/mol. The zero-order valence-corrected chi connectivity index (χ0v) is 24.3. The van der Waals surface area contributed by atoms with E-state index in [1.807, 2.05) is 0 Å². The predicted octanol–water partition coefficient (Wildman–Crippen LogP) is 8.60. The first-order chi connectivity index (χ1) is 20.5. The maximum absolute atomic E-state index is 2.56. The van der Waals surface area contributed by atoms with Gasteiger partial charge >= 0.3 is 0 Å². The van der Waals surface area contributed by atoms with Gasteiger partial charge in [0.2, 0.25) is 6.71 Å². The van der Waals surface area contributed by atoms with E-state index < -0.39 is 0 Å². The Hall–Kier alpha value is -4.82. The smallest absolute Gasteiger partial charge is 0.248 e. The van der Waals surface area contributed by atoms with E-state index in [2.05, 4.69) is 165 Å². The number of rotatable bonds is 3. The van der Waals surface area contributed by atoms with Gasteiger partial charge in [0.05, 0.1) is 5.69 Å². The van der Waals surface area contributed by atoms with Crippen LogP contribution in [0.15, 0.2) is 140 Å². The molecule has 2 heterocycles. The summed E-state index contributed by atoms with van der Waals surface area (Å²) < 4.78 is 0. The van der Waals surface area contributed by atoms with Crippen LogP contribution < -0.4 is 21.3 Å². The van der Waals surface area contributed by atoms with Crippen molar-refractivity contribution in [2.45, 2.75) is 26.2 Å². The molecule has 0 fully saturated rings.